The molecule has 0 radical (unpaired) electrons. The van der Waals surface area contributed by atoms with Gasteiger partial charge in [-0.1, -0.05) is 0 Å². The lowest BCUT2D eigenvalue weighted by atomic mass is 10.1. The van der Waals surface area contributed by atoms with E-state index in [1.165, 1.54) is 4.90 Å². The second-order valence-corrected chi connectivity index (χ2v) is 9.00. The highest BCUT2D eigenvalue weighted by molar-refractivity contribution is 5.88. The summed E-state index contributed by atoms with van der Waals surface area (Å²) in [7, 11) is 0. The highest BCUT2D eigenvalue weighted by Gasteiger charge is 2.38. The standard InChI is InChI=1S/C12H12F3N3O5.C8H18O/c13-12(14,15)7-5-10(18(21)22)8(16-11(19)20)6-9(7)17-1-3-23-4-2-17;1-7(2,3)9-8(4,5)6/h5-6,16H,1-4H2,(H,19,20);1-6H3. The molecule has 1 aromatic carbocycles. The Labute approximate surface area is 184 Å². The third kappa shape index (κ3) is 9.27. The highest BCUT2D eigenvalue weighted by Crippen LogP contribution is 2.42. The van der Waals surface area contributed by atoms with Crippen LogP contribution in [0.5, 0.6) is 0 Å². The molecule has 182 valence electrons. The van der Waals surface area contributed by atoms with Crippen molar-refractivity contribution in [2.75, 3.05) is 36.5 Å². The van der Waals surface area contributed by atoms with E-state index in [2.05, 4.69) is 41.5 Å². The molecule has 0 atom stereocenters. The number of alkyl halides is 3. The van der Waals surface area contributed by atoms with Gasteiger partial charge in [-0.15, -0.1) is 0 Å². The number of carbonyl (C=O) groups is 1. The van der Waals surface area contributed by atoms with E-state index in [1.54, 1.807) is 5.32 Å². The minimum Gasteiger partial charge on any atom is -0.465 e. The third-order valence-electron chi connectivity index (χ3n) is 3.82. The number of hydrogen-bond donors (Lipinski definition) is 2. The Bertz CT molecular complexity index is 799. The van der Waals surface area contributed by atoms with Crippen LogP contribution in [0.15, 0.2) is 12.1 Å². The maximum Gasteiger partial charge on any atom is 0.418 e. The summed E-state index contributed by atoms with van der Waals surface area (Å²) in [6.45, 7) is 13.1. The predicted octanol–water partition coefficient (Wildman–Crippen LogP) is 5.14. The molecule has 0 unspecified atom stereocenters. The summed E-state index contributed by atoms with van der Waals surface area (Å²) in [5.74, 6) is 0. The zero-order valence-electron chi connectivity index (χ0n) is 19.0. The van der Waals surface area contributed by atoms with Crippen molar-refractivity contribution in [1.29, 1.82) is 0 Å². The number of carboxylic acid groups (broad SMARTS) is 1. The van der Waals surface area contributed by atoms with Crippen LogP contribution in [-0.2, 0) is 15.7 Å². The Morgan fingerprint density at radius 3 is 1.97 bits per heavy atom. The molecule has 12 heteroatoms. The molecule has 0 spiro atoms. The molecule has 1 fully saturated rings. The van der Waals surface area contributed by atoms with Crippen LogP contribution >= 0.6 is 0 Å². The molecule has 32 heavy (non-hydrogen) atoms. The average Bonchev–Trinajstić information content (AvgIpc) is 2.57. The first-order valence-electron chi connectivity index (χ1n) is 9.83. The van der Waals surface area contributed by atoms with Crippen LogP contribution in [0.2, 0.25) is 0 Å². The van der Waals surface area contributed by atoms with Gasteiger partial charge in [0, 0.05) is 19.2 Å². The monoisotopic (exact) mass is 465 g/mol. The second-order valence-electron chi connectivity index (χ2n) is 9.00. The van der Waals surface area contributed by atoms with Crippen molar-refractivity contribution < 1.29 is 37.5 Å². The molecular weight excluding hydrogens is 435 g/mol. The maximum absolute atomic E-state index is 13.2. The summed E-state index contributed by atoms with van der Waals surface area (Å²) in [6, 6.07) is 1.18. The Morgan fingerprint density at radius 2 is 1.62 bits per heavy atom. The van der Waals surface area contributed by atoms with Gasteiger partial charge >= 0.3 is 12.3 Å². The number of nitro benzene ring substituents is 1. The van der Waals surface area contributed by atoms with E-state index >= 15 is 0 Å². The van der Waals surface area contributed by atoms with Gasteiger partial charge in [0.15, 0.2) is 0 Å². The van der Waals surface area contributed by atoms with Crippen molar-refractivity contribution in [2.45, 2.75) is 58.9 Å². The topological polar surface area (TPSA) is 114 Å². The number of rotatable bonds is 3. The quantitative estimate of drug-likeness (QED) is 0.469. The molecule has 1 amide bonds. The fraction of sp³-hybridized carbons (Fsp3) is 0.650. The molecule has 0 bridgehead atoms. The fourth-order valence-corrected chi connectivity index (χ4v) is 3.15. The van der Waals surface area contributed by atoms with E-state index in [0.29, 0.717) is 6.07 Å². The lowest BCUT2D eigenvalue weighted by molar-refractivity contribution is -0.384. The van der Waals surface area contributed by atoms with Crippen LogP contribution in [0.25, 0.3) is 0 Å². The summed E-state index contributed by atoms with van der Waals surface area (Å²) < 4.78 is 50.4. The van der Waals surface area contributed by atoms with Gasteiger partial charge in [-0.25, -0.2) is 4.79 Å². The molecule has 0 saturated carbocycles. The lowest BCUT2D eigenvalue weighted by Crippen LogP contribution is -2.37. The molecular formula is C20H30F3N3O6. The molecule has 1 saturated heterocycles. The number of halogens is 3. The van der Waals surface area contributed by atoms with Crippen LogP contribution in [0.4, 0.5) is 35.0 Å². The van der Waals surface area contributed by atoms with Crippen molar-refractivity contribution in [3.63, 3.8) is 0 Å². The van der Waals surface area contributed by atoms with Gasteiger partial charge in [0.1, 0.15) is 5.69 Å². The maximum atomic E-state index is 13.2. The van der Waals surface area contributed by atoms with E-state index in [9.17, 15) is 28.1 Å². The molecule has 1 heterocycles. The van der Waals surface area contributed by atoms with E-state index in [1.807, 2.05) is 0 Å². The van der Waals surface area contributed by atoms with Crippen molar-refractivity contribution in [3.05, 3.63) is 27.8 Å². The van der Waals surface area contributed by atoms with E-state index in [0.717, 1.165) is 6.07 Å². The molecule has 1 aromatic rings. The molecule has 0 aromatic heterocycles. The highest BCUT2D eigenvalue weighted by atomic mass is 19.4. The number of anilines is 2. The van der Waals surface area contributed by atoms with Gasteiger partial charge in [-0.3, -0.25) is 15.4 Å². The minimum absolute atomic E-state index is 0.0156. The van der Waals surface area contributed by atoms with Crippen molar-refractivity contribution >= 4 is 23.2 Å². The zero-order chi connectivity index (χ0) is 24.9. The van der Waals surface area contributed by atoms with Gasteiger partial charge in [0.2, 0.25) is 0 Å². The van der Waals surface area contributed by atoms with Crippen molar-refractivity contribution in [2.24, 2.45) is 0 Å². The average molecular weight is 465 g/mol. The molecule has 2 rings (SSSR count). The number of ether oxygens (including phenoxy) is 2. The second kappa shape index (κ2) is 10.3. The SMILES string of the molecule is CC(C)(C)OC(C)(C)C.O=C(O)Nc1cc(N2CCOCC2)c(C(F)(F)F)cc1[N+](=O)[O-]. The van der Waals surface area contributed by atoms with Crippen molar-refractivity contribution in [1.82, 2.24) is 0 Å². The number of nitro groups is 1. The Hall–Kier alpha value is -2.60. The van der Waals surface area contributed by atoms with Gasteiger partial charge in [0.05, 0.1) is 40.6 Å². The minimum atomic E-state index is -4.82. The number of amides is 1. The molecule has 1 aliphatic rings. The summed E-state index contributed by atoms with van der Waals surface area (Å²) in [4.78, 5) is 21.9. The summed E-state index contributed by atoms with van der Waals surface area (Å²) in [6.07, 6.45) is -6.43. The Kier molecular flexibility index (Phi) is 8.87. The van der Waals surface area contributed by atoms with Crippen LogP contribution < -0.4 is 10.2 Å². The predicted molar refractivity (Wildman–Crippen MR) is 113 cm³/mol. The number of morpholine rings is 1. The number of nitrogens with one attached hydrogen (secondary N) is 1. The molecule has 0 aliphatic carbocycles. The first kappa shape index (κ1) is 27.4. The Morgan fingerprint density at radius 1 is 1.12 bits per heavy atom. The normalized spacial score (nSPS) is 15.0. The number of hydrogen-bond acceptors (Lipinski definition) is 6. The molecule has 2 N–H and O–H groups in total. The van der Waals surface area contributed by atoms with Gasteiger partial charge in [-0.2, -0.15) is 13.2 Å². The first-order chi connectivity index (χ1) is 14.4. The molecule has 9 nitrogen and oxygen atoms in total. The van der Waals surface area contributed by atoms with E-state index in [-0.39, 0.29) is 43.2 Å². The summed E-state index contributed by atoms with van der Waals surface area (Å²) in [5, 5.41) is 21.4. The van der Waals surface area contributed by atoms with E-state index < -0.39 is 34.1 Å². The third-order valence-corrected chi connectivity index (χ3v) is 3.82. The largest absolute Gasteiger partial charge is 0.465 e. The Balaban J connectivity index is 0.000000482. The summed E-state index contributed by atoms with van der Waals surface area (Å²) >= 11 is 0. The van der Waals surface area contributed by atoms with Crippen LogP contribution in [0.1, 0.15) is 47.1 Å². The van der Waals surface area contributed by atoms with Gasteiger partial charge in [-0.05, 0) is 47.6 Å². The fourth-order valence-electron chi connectivity index (χ4n) is 3.15. The lowest BCUT2D eigenvalue weighted by Gasteiger charge is -2.31. The smallest absolute Gasteiger partial charge is 0.418 e. The summed E-state index contributed by atoms with van der Waals surface area (Å²) in [5.41, 5.74) is -3.03. The van der Waals surface area contributed by atoms with Crippen LogP contribution in [0.3, 0.4) is 0 Å². The molecule has 1 aliphatic heterocycles. The van der Waals surface area contributed by atoms with E-state index in [4.69, 9.17) is 14.6 Å². The van der Waals surface area contributed by atoms with Crippen molar-refractivity contribution in [3.8, 4) is 0 Å². The van der Waals surface area contributed by atoms with Crippen LogP contribution in [0, 0.1) is 10.1 Å². The van der Waals surface area contributed by atoms with Gasteiger partial charge in [0.25, 0.3) is 5.69 Å². The number of nitrogens with zero attached hydrogens (tertiary/aromatic N) is 2. The van der Waals surface area contributed by atoms with Gasteiger partial charge < -0.3 is 19.5 Å². The first-order valence-corrected chi connectivity index (χ1v) is 9.83. The number of benzene rings is 1. The van der Waals surface area contributed by atoms with Crippen LogP contribution in [-0.4, -0.2) is 53.6 Å². The zero-order valence-corrected chi connectivity index (χ0v) is 19.0.